The maximum Gasteiger partial charge on any atom is 0.167 e. The molecular formula is C17H27N7O3. The van der Waals surface area contributed by atoms with Crippen molar-refractivity contribution >= 4 is 17.0 Å². The summed E-state index contributed by atoms with van der Waals surface area (Å²) in [5.74, 6) is -0.349. The molecule has 0 aliphatic carbocycles. The first-order chi connectivity index (χ1) is 12.9. The van der Waals surface area contributed by atoms with E-state index in [9.17, 15) is 0 Å². The standard InChI is InChI=1S/C17H27N7O3/c1-17(2)26-12-10(6-9(18)4-5-20-3)25-16(13(12)27-17)24-8-23-11-14(19)21-7-22-15(11)24/h7-10,12-13,16,20H,4-6,18H2,1-3H3,(H2,19,21,22)/t9?,10-,12-,13-,16-/m1/s1. The molecule has 0 bridgehead atoms. The highest BCUT2D eigenvalue weighted by atomic mass is 16.8. The summed E-state index contributed by atoms with van der Waals surface area (Å²) in [7, 11) is 1.92. The molecule has 4 rings (SSSR count). The van der Waals surface area contributed by atoms with Crippen LogP contribution in [-0.2, 0) is 14.2 Å². The predicted octanol–water partition coefficient (Wildman–Crippen LogP) is 0.153. The number of ether oxygens (including phenoxy) is 3. The Balaban J connectivity index is 1.62. The molecule has 2 saturated heterocycles. The zero-order chi connectivity index (χ0) is 19.2. The van der Waals surface area contributed by atoms with Gasteiger partial charge in [0.05, 0.1) is 12.4 Å². The summed E-state index contributed by atoms with van der Waals surface area (Å²) in [6, 6.07) is 0.00617. The van der Waals surface area contributed by atoms with Crippen LogP contribution < -0.4 is 16.8 Å². The van der Waals surface area contributed by atoms with E-state index in [0.29, 0.717) is 23.4 Å². The van der Waals surface area contributed by atoms with Gasteiger partial charge in [0.15, 0.2) is 23.5 Å². The van der Waals surface area contributed by atoms with Gasteiger partial charge in [0, 0.05) is 6.04 Å². The van der Waals surface area contributed by atoms with Gasteiger partial charge in [-0.05, 0) is 40.3 Å². The van der Waals surface area contributed by atoms with Crippen molar-refractivity contribution in [1.82, 2.24) is 24.8 Å². The Morgan fingerprint density at radius 2 is 2.04 bits per heavy atom. The van der Waals surface area contributed by atoms with Crippen molar-refractivity contribution in [3.8, 4) is 0 Å². The van der Waals surface area contributed by atoms with Gasteiger partial charge in [-0.3, -0.25) is 4.57 Å². The quantitative estimate of drug-likeness (QED) is 0.643. The van der Waals surface area contributed by atoms with Crippen LogP contribution >= 0.6 is 0 Å². The molecule has 0 radical (unpaired) electrons. The molecule has 10 nitrogen and oxygen atoms in total. The van der Waals surface area contributed by atoms with Crippen LogP contribution in [0.3, 0.4) is 0 Å². The van der Waals surface area contributed by atoms with Crippen molar-refractivity contribution in [3.63, 3.8) is 0 Å². The first-order valence-electron chi connectivity index (χ1n) is 9.24. The minimum atomic E-state index is -0.685. The van der Waals surface area contributed by atoms with Gasteiger partial charge in [0.2, 0.25) is 0 Å². The first-order valence-corrected chi connectivity index (χ1v) is 9.24. The fourth-order valence-electron chi connectivity index (χ4n) is 3.87. The third-order valence-electron chi connectivity index (χ3n) is 5.09. The predicted molar refractivity (Wildman–Crippen MR) is 98.6 cm³/mol. The summed E-state index contributed by atoms with van der Waals surface area (Å²) in [6.45, 7) is 4.68. The number of aromatic nitrogens is 4. The molecule has 0 saturated carbocycles. The van der Waals surface area contributed by atoms with Crippen molar-refractivity contribution in [2.24, 2.45) is 5.73 Å². The number of hydrogen-bond donors (Lipinski definition) is 3. The summed E-state index contributed by atoms with van der Waals surface area (Å²) in [5.41, 5.74) is 13.4. The fraction of sp³-hybridized carbons (Fsp3) is 0.706. The molecule has 4 heterocycles. The second-order valence-electron chi connectivity index (χ2n) is 7.60. The Kier molecular flexibility index (Phi) is 4.77. The fourth-order valence-corrected chi connectivity index (χ4v) is 3.87. The Morgan fingerprint density at radius 1 is 1.26 bits per heavy atom. The van der Waals surface area contributed by atoms with Crippen LogP contribution in [0.4, 0.5) is 5.82 Å². The number of nitrogen functional groups attached to an aromatic ring is 1. The van der Waals surface area contributed by atoms with Crippen molar-refractivity contribution in [2.75, 3.05) is 19.3 Å². The van der Waals surface area contributed by atoms with E-state index >= 15 is 0 Å². The lowest BCUT2D eigenvalue weighted by Crippen LogP contribution is -2.36. The van der Waals surface area contributed by atoms with Crippen LogP contribution in [0.2, 0.25) is 0 Å². The molecule has 2 fully saturated rings. The maximum atomic E-state index is 6.34. The number of imidazole rings is 1. The number of rotatable bonds is 6. The SMILES string of the molecule is CNCCC(N)C[C@H]1O[C@@H](n2cnc3c(N)ncnc32)[C@@H]2OC(C)(C)O[C@@H]21. The van der Waals surface area contributed by atoms with Crippen molar-refractivity contribution in [2.45, 2.75) is 63.1 Å². The van der Waals surface area contributed by atoms with E-state index < -0.39 is 12.0 Å². The van der Waals surface area contributed by atoms with Gasteiger partial charge >= 0.3 is 0 Å². The van der Waals surface area contributed by atoms with Gasteiger partial charge in [0.25, 0.3) is 0 Å². The van der Waals surface area contributed by atoms with Gasteiger partial charge in [0.1, 0.15) is 24.1 Å². The Morgan fingerprint density at radius 3 is 2.81 bits per heavy atom. The monoisotopic (exact) mass is 377 g/mol. The number of hydrogen-bond acceptors (Lipinski definition) is 9. The average molecular weight is 377 g/mol. The molecule has 0 spiro atoms. The van der Waals surface area contributed by atoms with E-state index in [1.807, 2.05) is 25.5 Å². The molecule has 2 aromatic rings. The van der Waals surface area contributed by atoms with E-state index in [-0.39, 0.29) is 24.4 Å². The van der Waals surface area contributed by atoms with Gasteiger partial charge < -0.3 is 31.0 Å². The molecule has 5 N–H and O–H groups in total. The molecule has 148 valence electrons. The minimum absolute atomic E-state index is 0.00617. The van der Waals surface area contributed by atoms with Gasteiger partial charge in [-0.2, -0.15) is 0 Å². The lowest BCUT2D eigenvalue weighted by Gasteiger charge is -2.26. The summed E-state index contributed by atoms with van der Waals surface area (Å²) in [4.78, 5) is 12.7. The van der Waals surface area contributed by atoms with Gasteiger partial charge in [-0.15, -0.1) is 0 Å². The Hall–Kier alpha value is -1.85. The number of nitrogens with two attached hydrogens (primary N) is 2. The van der Waals surface area contributed by atoms with Gasteiger partial charge in [-0.25, -0.2) is 15.0 Å². The van der Waals surface area contributed by atoms with E-state index in [4.69, 9.17) is 25.7 Å². The summed E-state index contributed by atoms with van der Waals surface area (Å²) in [6.07, 6.45) is 3.54. The van der Waals surface area contributed by atoms with E-state index in [2.05, 4.69) is 20.3 Å². The second-order valence-corrected chi connectivity index (χ2v) is 7.60. The third kappa shape index (κ3) is 3.39. The summed E-state index contributed by atoms with van der Waals surface area (Å²) >= 11 is 0. The topological polar surface area (TPSA) is 135 Å². The van der Waals surface area contributed by atoms with Gasteiger partial charge in [-0.1, -0.05) is 0 Å². The van der Waals surface area contributed by atoms with E-state index in [1.165, 1.54) is 6.33 Å². The summed E-state index contributed by atoms with van der Waals surface area (Å²) < 4.78 is 20.5. The van der Waals surface area contributed by atoms with E-state index in [1.54, 1.807) is 6.33 Å². The molecule has 2 aliphatic rings. The summed E-state index contributed by atoms with van der Waals surface area (Å²) in [5, 5.41) is 3.12. The zero-order valence-electron chi connectivity index (χ0n) is 15.8. The molecule has 5 atom stereocenters. The average Bonchev–Trinajstić information content (AvgIpc) is 3.26. The molecule has 27 heavy (non-hydrogen) atoms. The Labute approximate surface area is 157 Å². The molecule has 2 aromatic heterocycles. The molecule has 2 aliphatic heterocycles. The zero-order valence-corrected chi connectivity index (χ0v) is 15.8. The molecule has 10 heteroatoms. The number of nitrogens with one attached hydrogen (secondary N) is 1. The molecule has 1 unspecified atom stereocenters. The van der Waals surface area contributed by atoms with Crippen molar-refractivity contribution < 1.29 is 14.2 Å². The van der Waals surface area contributed by atoms with Crippen LogP contribution in [-0.4, -0.2) is 63.3 Å². The van der Waals surface area contributed by atoms with Crippen molar-refractivity contribution in [3.05, 3.63) is 12.7 Å². The highest BCUT2D eigenvalue weighted by molar-refractivity contribution is 5.81. The van der Waals surface area contributed by atoms with Crippen LogP contribution in [0, 0.1) is 0 Å². The maximum absolute atomic E-state index is 6.34. The highest BCUT2D eigenvalue weighted by Gasteiger charge is 2.56. The van der Waals surface area contributed by atoms with Crippen molar-refractivity contribution in [1.29, 1.82) is 0 Å². The normalized spacial score (nSPS) is 30.7. The first kappa shape index (κ1) is 18.5. The lowest BCUT2D eigenvalue weighted by molar-refractivity contribution is -0.197. The van der Waals surface area contributed by atoms with Crippen LogP contribution in [0.1, 0.15) is 32.9 Å². The number of fused-ring (bicyclic) bond motifs is 2. The van der Waals surface area contributed by atoms with Crippen LogP contribution in [0.15, 0.2) is 12.7 Å². The van der Waals surface area contributed by atoms with Crippen LogP contribution in [0.25, 0.3) is 11.2 Å². The molecule has 0 aromatic carbocycles. The number of anilines is 1. The van der Waals surface area contributed by atoms with E-state index in [0.717, 1.165) is 13.0 Å². The smallest absolute Gasteiger partial charge is 0.167 e. The second kappa shape index (κ2) is 6.95. The largest absolute Gasteiger partial charge is 0.382 e. The highest BCUT2D eigenvalue weighted by Crippen LogP contribution is 2.44. The Bertz CT molecular complexity index is 811. The third-order valence-corrected chi connectivity index (χ3v) is 5.09. The van der Waals surface area contributed by atoms with Crippen LogP contribution in [0.5, 0.6) is 0 Å². The lowest BCUT2D eigenvalue weighted by atomic mass is 10.0. The molecular weight excluding hydrogens is 350 g/mol. The molecule has 0 amide bonds. The minimum Gasteiger partial charge on any atom is -0.382 e. The number of nitrogens with zero attached hydrogens (tertiary/aromatic N) is 4.